The summed E-state index contributed by atoms with van der Waals surface area (Å²) in [6.07, 6.45) is 0. The molecule has 0 spiro atoms. The molecule has 4 nitrogen and oxygen atoms in total. The van der Waals surface area contributed by atoms with E-state index >= 15 is 0 Å². The molecule has 1 N–H and O–H groups in total. The first kappa shape index (κ1) is 20.5. The first-order valence-electron chi connectivity index (χ1n) is 9.74. The van der Waals surface area contributed by atoms with Crippen molar-refractivity contribution >= 4 is 11.6 Å². The molecule has 0 aliphatic heterocycles. The largest absolute Gasteiger partial charge is 0.496 e. The minimum Gasteiger partial charge on any atom is -0.496 e. The van der Waals surface area contributed by atoms with Crippen LogP contribution < -0.4 is 14.8 Å². The Morgan fingerprint density at radius 2 is 1.69 bits per heavy atom. The topological polar surface area (TPSA) is 47.6 Å². The third-order valence-corrected chi connectivity index (χ3v) is 4.78. The van der Waals surface area contributed by atoms with Crippen molar-refractivity contribution in [2.45, 2.75) is 33.3 Å². The van der Waals surface area contributed by atoms with Crippen molar-refractivity contribution in [1.29, 1.82) is 0 Å². The Balaban J connectivity index is 1.78. The lowest BCUT2D eigenvalue weighted by molar-refractivity contribution is 0.102. The van der Waals surface area contributed by atoms with Gasteiger partial charge in [0.15, 0.2) is 0 Å². The standard InChI is InChI=1S/C25H27NO3/c1-17(2)22-7-5-6-8-24(22)29-16-20-15-19(11-14-23(20)28-4)25(27)26-21-12-9-18(3)10-13-21/h5-15,17H,16H2,1-4H3,(H,26,27). The van der Waals surface area contributed by atoms with Gasteiger partial charge in [0.1, 0.15) is 18.1 Å². The van der Waals surface area contributed by atoms with Gasteiger partial charge in [-0.25, -0.2) is 0 Å². The molecular formula is C25H27NO3. The summed E-state index contributed by atoms with van der Waals surface area (Å²) in [6, 6.07) is 21.1. The van der Waals surface area contributed by atoms with Gasteiger partial charge in [-0.3, -0.25) is 4.79 Å². The highest BCUT2D eigenvalue weighted by Gasteiger charge is 2.13. The van der Waals surface area contributed by atoms with Crippen LogP contribution in [0.2, 0.25) is 0 Å². The van der Waals surface area contributed by atoms with Crippen molar-refractivity contribution < 1.29 is 14.3 Å². The summed E-state index contributed by atoms with van der Waals surface area (Å²) in [7, 11) is 1.62. The summed E-state index contributed by atoms with van der Waals surface area (Å²) in [5, 5.41) is 2.93. The first-order chi connectivity index (χ1) is 14.0. The summed E-state index contributed by atoms with van der Waals surface area (Å²) >= 11 is 0. The van der Waals surface area contributed by atoms with Gasteiger partial charge in [-0.15, -0.1) is 0 Å². The molecule has 3 aromatic carbocycles. The van der Waals surface area contributed by atoms with Gasteiger partial charge < -0.3 is 14.8 Å². The molecule has 0 radical (unpaired) electrons. The fraction of sp³-hybridized carbons (Fsp3) is 0.240. The van der Waals surface area contributed by atoms with E-state index in [4.69, 9.17) is 9.47 Å². The number of benzene rings is 3. The van der Waals surface area contributed by atoms with Crippen LogP contribution in [-0.4, -0.2) is 13.0 Å². The van der Waals surface area contributed by atoms with Crippen molar-refractivity contribution in [1.82, 2.24) is 0 Å². The average Bonchev–Trinajstić information content (AvgIpc) is 2.73. The lowest BCUT2D eigenvalue weighted by Gasteiger charge is -2.16. The van der Waals surface area contributed by atoms with Crippen LogP contribution in [0.3, 0.4) is 0 Å². The summed E-state index contributed by atoms with van der Waals surface area (Å²) < 4.78 is 11.5. The quantitative estimate of drug-likeness (QED) is 0.542. The number of ether oxygens (including phenoxy) is 2. The van der Waals surface area contributed by atoms with Crippen molar-refractivity contribution in [2.75, 3.05) is 12.4 Å². The molecule has 0 atom stereocenters. The first-order valence-corrected chi connectivity index (χ1v) is 9.74. The second kappa shape index (κ2) is 9.28. The zero-order valence-electron chi connectivity index (χ0n) is 17.4. The number of carbonyl (C=O) groups is 1. The molecule has 0 saturated carbocycles. The van der Waals surface area contributed by atoms with Crippen LogP contribution >= 0.6 is 0 Å². The molecule has 3 aromatic rings. The maximum Gasteiger partial charge on any atom is 0.255 e. The van der Waals surface area contributed by atoms with E-state index in [9.17, 15) is 4.79 Å². The molecule has 150 valence electrons. The molecule has 4 heteroatoms. The van der Waals surface area contributed by atoms with Gasteiger partial charge in [-0.05, 0) is 54.8 Å². The zero-order valence-corrected chi connectivity index (χ0v) is 17.4. The van der Waals surface area contributed by atoms with E-state index in [0.717, 1.165) is 28.1 Å². The van der Waals surface area contributed by atoms with E-state index < -0.39 is 0 Å². The number of aryl methyl sites for hydroxylation is 1. The second-order valence-corrected chi connectivity index (χ2v) is 7.33. The minimum absolute atomic E-state index is 0.166. The fourth-order valence-electron chi connectivity index (χ4n) is 3.12. The van der Waals surface area contributed by atoms with E-state index in [1.54, 1.807) is 19.2 Å². The second-order valence-electron chi connectivity index (χ2n) is 7.33. The highest BCUT2D eigenvalue weighted by Crippen LogP contribution is 2.28. The molecule has 0 aliphatic rings. The van der Waals surface area contributed by atoms with E-state index in [2.05, 4.69) is 25.2 Å². The Morgan fingerprint density at radius 3 is 2.38 bits per heavy atom. The number of methoxy groups -OCH3 is 1. The zero-order chi connectivity index (χ0) is 20.8. The Kier molecular flexibility index (Phi) is 6.55. The van der Waals surface area contributed by atoms with E-state index in [-0.39, 0.29) is 5.91 Å². The third-order valence-electron chi connectivity index (χ3n) is 4.78. The minimum atomic E-state index is -0.166. The van der Waals surface area contributed by atoms with E-state index in [1.165, 1.54) is 0 Å². The van der Waals surface area contributed by atoms with Crippen LogP contribution in [0.15, 0.2) is 66.7 Å². The number of nitrogens with one attached hydrogen (secondary N) is 1. The van der Waals surface area contributed by atoms with Gasteiger partial charge in [-0.1, -0.05) is 49.7 Å². The maximum atomic E-state index is 12.7. The van der Waals surface area contributed by atoms with Crippen molar-refractivity contribution in [3.8, 4) is 11.5 Å². The van der Waals surface area contributed by atoms with E-state index in [1.807, 2.05) is 55.5 Å². The van der Waals surface area contributed by atoms with Crippen LogP contribution in [0.25, 0.3) is 0 Å². The summed E-state index contributed by atoms with van der Waals surface area (Å²) in [5.74, 6) is 1.73. The van der Waals surface area contributed by atoms with Crippen molar-refractivity contribution in [2.24, 2.45) is 0 Å². The van der Waals surface area contributed by atoms with Crippen LogP contribution in [0.4, 0.5) is 5.69 Å². The summed E-state index contributed by atoms with van der Waals surface area (Å²) in [5.41, 5.74) is 4.44. The summed E-state index contributed by atoms with van der Waals surface area (Å²) in [4.78, 5) is 12.7. The van der Waals surface area contributed by atoms with Crippen molar-refractivity contribution in [3.63, 3.8) is 0 Å². The molecule has 1 amide bonds. The highest BCUT2D eigenvalue weighted by molar-refractivity contribution is 6.04. The lowest BCUT2D eigenvalue weighted by Crippen LogP contribution is -2.13. The third kappa shape index (κ3) is 5.17. The average molecular weight is 389 g/mol. The van der Waals surface area contributed by atoms with Gasteiger partial charge in [-0.2, -0.15) is 0 Å². The van der Waals surface area contributed by atoms with Gasteiger partial charge in [0, 0.05) is 16.8 Å². The Bertz CT molecular complexity index is 978. The predicted molar refractivity (Wildman–Crippen MR) is 117 cm³/mol. The molecule has 0 aliphatic carbocycles. The molecule has 0 bridgehead atoms. The number of anilines is 1. The van der Waals surface area contributed by atoms with Crippen LogP contribution in [0.5, 0.6) is 11.5 Å². The van der Waals surface area contributed by atoms with Crippen LogP contribution in [0, 0.1) is 6.92 Å². The van der Waals surface area contributed by atoms with Crippen molar-refractivity contribution in [3.05, 3.63) is 89.0 Å². The van der Waals surface area contributed by atoms with Gasteiger partial charge >= 0.3 is 0 Å². The molecule has 29 heavy (non-hydrogen) atoms. The van der Waals surface area contributed by atoms with Gasteiger partial charge in [0.25, 0.3) is 5.91 Å². The van der Waals surface area contributed by atoms with Gasteiger partial charge in [0.05, 0.1) is 7.11 Å². The number of rotatable bonds is 7. The molecule has 0 unspecified atom stereocenters. The molecule has 0 aromatic heterocycles. The van der Waals surface area contributed by atoms with Crippen LogP contribution in [0.1, 0.15) is 46.8 Å². The normalized spacial score (nSPS) is 10.7. The fourth-order valence-corrected chi connectivity index (χ4v) is 3.12. The maximum absolute atomic E-state index is 12.7. The molecule has 0 heterocycles. The molecule has 0 saturated heterocycles. The predicted octanol–water partition coefficient (Wildman–Crippen LogP) is 5.96. The Morgan fingerprint density at radius 1 is 0.966 bits per heavy atom. The van der Waals surface area contributed by atoms with Crippen LogP contribution in [-0.2, 0) is 6.61 Å². The number of amides is 1. The summed E-state index contributed by atoms with van der Waals surface area (Å²) in [6.45, 7) is 6.61. The monoisotopic (exact) mass is 389 g/mol. The van der Waals surface area contributed by atoms with E-state index in [0.29, 0.717) is 23.8 Å². The van der Waals surface area contributed by atoms with Gasteiger partial charge in [0.2, 0.25) is 0 Å². The molecule has 3 rings (SSSR count). The number of hydrogen-bond acceptors (Lipinski definition) is 3. The molecule has 0 fully saturated rings. The SMILES string of the molecule is COc1ccc(C(=O)Nc2ccc(C)cc2)cc1COc1ccccc1C(C)C. The lowest BCUT2D eigenvalue weighted by atomic mass is 10.0. The Hall–Kier alpha value is -3.27. The number of para-hydroxylation sites is 1. The highest BCUT2D eigenvalue weighted by atomic mass is 16.5. The Labute approximate surface area is 172 Å². The molecular weight excluding hydrogens is 362 g/mol. The smallest absolute Gasteiger partial charge is 0.255 e. The number of hydrogen-bond donors (Lipinski definition) is 1. The number of carbonyl (C=O) groups excluding carboxylic acids is 1.